The Labute approximate surface area is 120 Å². The predicted octanol–water partition coefficient (Wildman–Crippen LogP) is 4.31. The van der Waals surface area contributed by atoms with Crippen LogP contribution in [0.5, 0.6) is 0 Å². The molecular weight excluding hydrogens is 341 g/mol. The molecule has 2 nitrogen and oxygen atoms in total. The van der Waals surface area contributed by atoms with Gasteiger partial charge in [0.05, 0.1) is 5.56 Å². The lowest BCUT2D eigenvalue weighted by molar-refractivity contribution is -0.137. The molecule has 0 radical (unpaired) electrons. The molecule has 0 spiro atoms. The van der Waals surface area contributed by atoms with Crippen LogP contribution in [-0.4, -0.2) is 12.0 Å². The van der Waals surface area contributed by atoms with E-state index in [2.05, 4.69) is 26.2 Å². The molecule has 2 aromatic rings. The topological polar surface area (TPSA) is 24.9 Å². The summed E-state index contributed by atoms with van der Waals surface area (Å²) in [7, 11) is 1.78. The number of alkyl halides is 3. The molecule has 0 aliphatic heterocycles. The van der Waals surface area contributed by atoms with Gasteiger partial charge in [-0.25, -0.2) is 4.98 Å². The van der Waals surface area contributed by atoms with Crippen LogP contribution in [-0.2, 0) is 12.7 Å². The molecule has 1 aromatic heterocycles. The average molecular weight is 351 g/mol. The van der Waals surface area contributed by atoms with Gasteiger partial charge in [0, 0.05) is 27.7 Å². The van der Waals surface area contributed by atoms with Crippen molar-refractivity contribution in [3.05, 3.63) is 39.3 Å². The zero-order valence-corrected chi connectivity index (χ0v) is 12.3. The van der Waals surface area contributed by atoms with Crippen LogP contribution in [0, 0.1) is 0 Å². The van der Waals surface area contributed by atoms with Crippen LogP contribution in [0.1, 0.15) is 10.4 Å². The Balaban J connectivity index is 2.48. The van der Waals surface area contributed by atoms with Crippen molar-refractivity contribution in [2.24, 2.45) is 0 Å². The summed E-state index contributed by atoms with van der Waals surface area (Å²) >= 11 is 4.32. The fourth-order valence-corrected chi connectivity index (χ4v) is 2.95. The molecule has 0 aliphatic carbocycles. The smallest absolute Gasteiger partial charge is 0.315 e. The Bertz CT molecular complexity index is 581. The molecule has 0 fully saturated rings. The summed E-state index contributed by atoms with van der Waals surface area (Å²) in [5, 5.41) is 3.32. The number of nitrogens with one attached hydrogen (secondary N) is 1. The van der Waals surface area contributed by atoms with Crippen molar-refractivity contribution in [3.8, 4) is 10.6 Å². The standard InChI is InChI=1S/C12H10BrF3N2S/c1-17-5-8-6-18-11(19-8)9-3-2-7(13)4-10(9)12(14,15)16/h2-4,6,17H,5H2,1H3. The van der Waals surface area contributed by atoms with Gasteiger partial charge in [-0.1, -0.05) is 22.0 Å². The van der Waals surface area contributed by atoms with E-state index in [1.54, 1.807) is 19.3 Å². The number of halogens is 4. The molecule has 1 N–H and O–H groups in total. The van der Waals surface area contributed by atoms with E-state index >= 15 is 0 Å². The number of rotatable bonds is 3. The van der Waals surface area contributed by atoms with E-state index < -0.39 is 11.7 Å². The lowest BCUT2D eigenvalue weighted by atomic mass is 10.1. The third kappa shape index (κ3) is 3.34. The van der Waals surface area contributed by atoms with E-state index in [-0.39, 0.29) is 5.56 Å². The number of nitrogens with zero attached hydrogens (tertiary/aromatic N) is 1. The number of thiazole rings is 1. The SMILES string of the molecule is CNCc1cnc(-c2ccc(Br)cc2C(F)(F)F)s1. The van der Waals surface area contributed by atoms with Gasteiger partial charge < -0.3 is 5.32 Å². The van der Waals surface area contributed by atoms with Crippen molar-refractivity contribution >= 4 is 27.3 Å². The number of benzene rings is 1. The van der Waals surface area contributed by atoms with Crippen LogP contribution in [0.3, 0.4) is 0 Å². The first kappa shape index (κ1) is 14.5. The van der Waals surface area contributed by atoms with Gasteiger partial charge >= 0.3 is 6.18 Å². The quantitative estimate of drug-likeness (QED) is 0.891. The lowest BCUT2D eigenvalue weighted by Crippen LogP contribution is -2.07. The van der Waals surface area contributed by atoms with Crippen molar-refractivity contribution < 1.29 is 13.2 Å². The van der Waals surface area contributed by atoms with Crippen molar-refractivity contribution in [2.45, 2.75) is 12.7 Å². The maximum atomic E-state index is 13.0. The van der Waals surface area contributed by atoms with Gasteiger partial charge in [0.25, 0.3) is 0 Å². The minimum Gasteiger partial charge on any atom is -0.315 e. The van der Waals surface area contributed by atoms with E-state index in [9.17, 15) is 13.2 Å². The maximum absolute atomic E-state index is 13.0. The van der Waals surface area contributed by atoms with Crippen LogP contribution in [0.25, 0.3) is 10.6 Å². The zero-order chi connectivity index (χ0) is 14.0. The van der Waals surface area contributed by atoms with E-state index in [0.29, 0.717) is 16.0 Å². The fraction of sp³-hybridized carbons (Fsp3) is 0.250. The molecule has 0 saturated heterocycles. The van der Waals surface area contributed by atoms with Crippen molar-refractivity contribution in [1.82, 2.24) is 10.3 Å². The third-order valence-electron chi connectivity index (χ3n) is 2.42. The Kier molecular flexibility index (Phi) is 4.27. The molecule has 1 heterocycles. The van der Waals surface area contributed by atoms with Crippen LogP contribution in [0.15, 0.2) is 28.9 Å². The van der Waals surface area contributed by atoms with Crippen LogP contribution < -0.4 is 5.32 Å². The van der Waals surface area contributed by atoms with Crippen molar-refractivity contribution in [2.75, 3.05) is 7.05 Å². The second-order valence-corrected chi connectivity index (χ2v) is 5.88. The van der Waals surface area contributed by atoms with Crippen molar-refractivity contribution in [3.63, 3.8) is 0 Å². The van der Waals surface area contributed by atoms with Crippen molar-refractivity contribution in [1.29, 1.82) is 0 Å². The van der Waals surface area contributed by atoms with E-state index in [1.807, 2.05) is 0 Å². The normalized spacial score (nSPS) is 11.8. The van der Waals surface area contributed by atoms with Gasteiger partial charge in [-0.15, -0.1) is 11.3 Å². The fourth-order valence-electron chi connectivity index (χ4n) is 1.63. The number of hydrogen-bond donors (Lipinski definition) is 1. The second-order valence-electron chi connectivity index (χ2n) is 3.85. The summed E-state index contributed by atoms with van der Waals surface area (Å²) in [6.07, 6.45) is -2.80. The monoisotopic (exact) mass is 350 g/mol. The molecule has 0 bridgehead atoms. The summed E-state index contributed by atoms with van der Waals surface area (Å²) in [4.78, 5) is 4.97. The predicted molar refractivity (Wildman–Crippen MR) is 73.0 cm³/mol. The Hall–Kier alpha value is -0.920. The van der Waals surface area contributed by atoms with Gasteiger partial charge in [-0.2, -0.15) is 13.2 Å². The molecule has 102 valence electrons. The van der Waals surface area contributed by atoms with Gasteiger partial charge in [0.2, 0.25) is 0 Å². The summed E-state index contributed by atoms with van der Waals surface area (Å²) in [6.45, 7) is 0.593. The molecule has 0 atom stereocenters. The Morgan fingerprint density at radius 1 is 1.37 bits per heavy atom. The largest absolute Gasteiger partial charge is 0.417 e. The second kappa shape index (κ2) is 5.60. The summed E-state index contributed by atoms with van der Waals surface area (Å²) in [5.41, 5.74) is -0.560. The molecule has 0 unspecified atom stereocenters. The Morgan fingerprint density at radius 3 is 2.74 bits per heavy atom. The minimum atomic E-state index is -4.39. The van der Waals surface area contributed by atoms with Gasteiger partial charge in [0.1, 0.15) is 5.01 Å². The highest BCUT2D eigenvalue weighted by atomic mass is 79.9. The molecule has 0 aliphatic rings. The number of aromatic nitrogens is 1. The molecular formula is C12H10BrF3N2S. The summed E-state index contributed by atoms with van der Waals surface area (Å²) in [6, 6.07) is 4.10. The first-order valence-electron chi connectivity index (χ1n) is 5.38. The van der Waals surface area contributed by atoms with Gasteiger partial charge in [-0.05, 0) is 19.2 Å². The molecule has 2 rings (SSSR count). The maximum Gasteiger partial charge on any atom is 0.417 e. The summed E-state index contributed by atoms with van der Waals surface area (Å²) < 4.78 is 39.4. The molecule has 1 aromatic carbocycles. The highest BCUT2D eigenvalue weighted by Gasteiger charge is 2.34. The molecule has 0 saturated carbocycles. The van der Waals surface area contributed by atoms with Gasteiger partial charge in [0.15, 0.2) is 0 Å². The highest BCUT2D eigenvalue weighted by molar-refractivity contribution is 9.10. The lowest BCUT2D eigenvalue weighted by Gasteiger charge is -2.11. The van der Waals surface area contributed by atoms with E-state index in [0.717, 1.165) is 10.9 Å². The molecule has 19 heavy (non-hydrogen) atoms. The average Bonchev–Trinajstić information content (AvgIpc) is 2.77. The van der Waals surface area contributed by atoms with Crippen LogP contribution in [0.2, 0.25) is 0 Å². The van der Waals surface area contributed by atoms with Crippen LogP contribution >= 0.6 is 27.3 Å². The van der Waals surface area contributed by atoms with E-state index in [1.165, 1.54) is 17.4 Å². The summed E-state index contributed by atoms with van der Waals surface area (Å²) in [5.74, 6) is 0. The highest BCUT2D eigenvalue weighted by Crippen LogP contribution is 2.39. The molecule has 0 amide bonds. The van der Waals surface area contributed by atoms with E-state index in [4.69, 9.17) is 0 Å². The van der Waals surface area contributed by atoms with Crippen LogP contribution in [0.4, 0.5) is 13.2 Å². The number of hydrogen-bond acceptors (Lipinski definition) is 3. The molecule has 7 heteroatoms. The zero-order valence-electron chi connectivity index (χ0n) is 9.88. The third-order valence-corrected chi connectivity index (χ3v) is 3.95. The van der Waals surface area contributed by atoms with Gasteiger partial charge in [-0.3, -0.25) is 0 Å². The first-order chi connectivity index (χ1) is 8.91. The minimum absolute atomic E-state index is 0.114. The Morgan fingerprint density at radius 2 is 2.11 bits per heavy atom. The first-order valence-corrected chi connectivity index (χ1v) is 6.99.